The van der Waals surface area contributed by atoms with E-state index < -0.39 is 6.04 Å². The highest BCUT2D eigenvalue weighted by molar-refractivity contribution is 6.02. The number of benzene rings is 2. The van der Waals surface area contributed by atoms with Gasteiger partial charge in [0.1, 0.15) is 23.4 Å². The fourth-order valence-corrected chi connectivity index (χ4v) is 3.25. The number of fused-ring (bicyclic) bond motifs is 1. The highest BCUT2D eigenvalue weighted by Crippen LogP contribution is 2.33. The van der Waals surface area contributed by atoms with Gasteiger partial charge in [-0.25, -0.2) is 4.68 Å². The van der Waals surface area contributed by atoms with Crippen LogP contribution in [0.25, 0.3) is 11.3 Å². The predicted octanol–water partition coefficient (Wildman–Crippen LogP) is 3.09. The number of hydrogen-bond donors (Lipinski definition) is 2. The van der Waals surface area contributed by atoms with Gasteiger partial charge in [0.15, 0.2) is 0 Å². The lowest BCUT2D eigenvalue weighted by atomic mass is 10.1. The number of hydrogen-bond acceptors (Lipinski definition) is 5. The molecule has 0 bridgehead atoms. The summed E-state index contributed by atoms with van der Waals surface area (Å²) in [5.41, 5.74) is 2.07. The van der Waals surface area contributed by atoms with Crippen molar-refractivity contribution in [3.63, 3.8) is 0 Å². The van der Waals surface area contributed by atoms with Crippen LogP contribution in [0.5, 0.6) is 11.5 Å². The van der Waals surface area contributed by atoms with Crippen LogP contribution in [0.1, 0.15) is 12.5 Å². The van der Waals surface area contributed by atoms with Crippen molar-refractivity contribution in [2.45, 2.75) is 12.5 Å². The summed E-state index contributed by atoms with van der Waals surface area (Å²) in [6, 6.07) is 15.7. The summed E-state index contributed by atoms with van der Waals surface area (Å²) in [5, 5.41) is 10.2. The largest absolute Gasteiger partial charge is 0.497 e. The average molecular weight is 392 g/mol. The van der Waals surface area contributed by atoms with E-state index in [4.69, 9.17) is 9.47 Å². The van der Waals surface area contributed by atoms with Crippen LogP contribution in [-0.2, 0) is 9.59 Å². The van der Waals surface area contributed by atoms with Gasteiger partial charge in [-0.05, 0) is 12.1 Å². The van der Waals surface area contributed by atoms with Gasteiger partial charge in [0.2, 0.25) is 11.8 Å². The Kier molecular flexibility index (Phi) is 4.90. The molecule has 8 nitrogen and oxygen atoms in total. The van der Waals surface area contributed by atoms with Gasteiger partial charge in [0.05, 0.1) is 32.0 Å². The molecule has 29 heavy (non-hydrogen) atoms. The van der Waals surface area contributed by atoms with Gasteiger partial charge in [0, 0.05) is 17.7 Å². The van der Waals surface area contributed by atoms with Crippen molar-refractivity contribution in [3.8, 4) is 22.8 Å². The standard InChI is InChI=1S/C21H20N4O4/c1-28-14-8-9-15(18(10-14)29-2)22-21(27)17-12-20(26)23-19-11-16(24-25(17)19)13-6-4-3-5-7-13/h3-11,17H,12H2,1-2H3,(H,22,27)(H,23,26)/t17-/m0/s1. The number of nitrogens with zero attached hydrogens (tertiary/aromatic N) is 2. The van der Waals surface area contributed by atoms with Gasteiger partial charge >= 0.3 is 0 Å². The molecule has 2 N–H and O–H groups in total. The van der Waals surface area contributed by atoms with E-state index in [-0.39, 0.29) is 18.2 Å². The topological polar surface area (TPSA) is 94.5 Å². The molecule has 0 radical (unpaired) electrons. The highest BCUT2D eigenvalue weighted by atomic mass is 16.5. The molecule has 148 valence electrons. The van der Waals surface area contributed by atoms with Crippen LogP contribution in [0.3, 0.4) is 0 Å². The molecule has 1 aliphatic heterocycles. The van der Waals surface area contributed by atoms with Gasteiger partial charge in [-0.1, -0.05) is 30.3 Å². The number of ether oxygens (including phenoxy) is 2. The first-order chi connectivity index (χ1) is 14.1. The van der Waals surface area contributed by atoms with Crippen LogP contribution in [0.2, 0.25) is 0 Å². The summed E-state index contributed by atoms with van der Waals surface area (Å²) in [5.74, 6) is 0.968. The monoisotopic (exact) mass is 392 g/mol. The summed E-state index contributed by atoms with van der Waals surface area (Å²) in [4.78, 5) is 25.2. The van der Waals surface area contributed by atoms with Crippen molar-refractivity contribution < 1.29 is 19.1 Å². The number of carbonyl (C=O) groups excluding carboxylic acids is 2. The highest BCUT2D eigenvalue weighted by Gasteiger charge is 2.32. The van der Waals surface area contributed by atoms with Crippen molar-refractivity contribution in [1.82, 2.24) is 9.78 Å². The third-order valence-corrected chi connectivity index (χ3v) is 4.72. The fourth-order valence-electron chi connectivity index (χ4n) is 3.25. The fraction of sp³-hybridized carbons (Fsp3) is 0.190. The summed E-state index contributed by atoms with van der Waals surface area (Å²) in [6.07, 6.45) is -0.00673. The Hall–Kier alpha value is -3.81. The Balaban J connectivity index is 1.63. The molecular weight excluding hydrogens is 372 g/mol. The molecule has 1 atom stereocenters. The summed E-state index contributed by atoms with van der Waals surface area (Å²) >= 11 is 0. The third-order valence-electron chi connectivity index (χ3n) is 4.72. The Morgan fingerprint density at radius 1 is 1.14 bits per heavy atom. The molecule has 0 saturated heterocycles. The van der Waals surface area contributed by atoms with Gasteiger partial charge in [-0.15, -0.1) is 0 Å². The van der Waals surface area contributed by atoms with E-state index in [9.17, 15) is 9.59 Å². The van der Waals surface area contributed by atoms with Crippen LogP contribution in [0.15, 0.2) is 54.6 Å². The number of aromatic nitrogens is 2. The lowest BCUT2D eigenvalue weighted by molar-refractivity contribution is -0.125. The molecule has 0 saturated carbocycles. The molecule has 0 spiro atoms. The van der Waals surface area contributed by atoms with E-state index in [2.05, 4.69) is 15.7 Å². The van der Waals surface area contributed by atoms with E-state index in [1.807, 2.05) is 30.3 Å². The van der Waals surface area contributed by atoms with Gasteiger partial charge < -0.3 is 20.1 Å². The number of methoxy groups -OCH3 is 2. The molecule has 0 unspecified atom stereocenters. The molecule has 1 aliphatic rings. The SMILES string of the molecule is COc1ccc(NC(=O)[C@@H]2CC(=O)Nc3cc(-c4ccccc4)nn32)c(OC)c1. The zero-order valence-corrected chi connectivity index (χ0v) is 16.0. The van der Waals surface area contributed by atoms with Gasteiger partial charge in [-0.2, -0.15) is 5.10 Å². The van der Waals surface area contributed by atoms with Crippen molar-refractivity contribution in [2.75, 3.05) is 24.9 Å². The summed E-state index contributed by atoms with van der Waals surface area (Å²) in [7, 11) is 3.06. The Morgan fingerprint density at radius 2 is 1.93 bits per heavy atom. The van der Waals surface area contributed by atoms with E-state index >= 15 is 0 Å². The predicted molar refractivity (Wildman–Crippen MR) is 108 cm³/mol. The smallest absolute Gasteiger partial charge is 0.249 e. The minimum atomic E-state index is -0.775. The number of anilines is 2. The minimum absolute atomic E-state index is 0.00673. The third kappa shape index (κ3) is 3.64. The van der Waals surface area contributed by atoms with Crippen molar-refractivity contribution in [3.05, 3.63) is 54.6 Å². The van der Waals surface area contributed by atoms with Crippen LogP contribution in [0, 0.1) is 0 Å². The maximum Gasteiger partial charge on any atom is 0.249 e. The average Bonchev–Trinajstić information content (AvgIpc) is 3.17. The summed E-state index contributed by atoms with van der Waals surface area (Å²) < 4.78 is 12.1. The molecule has 3 aromatic rings. The molecule has 2 amide bonds. The molecule has 2 aromatic carbocycles. The van der Waals surface area contributed by atoms with Gasteiger partial charge in [0.25, 0.3) is 0 Å². The molecular formula is C21H20N4O4. The molecule has 2 heterocycles. The lowest BCUT2D eigenvalue weighted by Gasteiger charge is -2.24. The summed E-state index contributed by atoms with van der Waals surface area (Å²) in [6.45, 7) is 0. The Morgan fingerprint density at radius 3 is 2.66 bits per heavy atom. The van der Waals surface area contributed by atoms with E-state index in [1.165, 1.54) is 7.11 Å². The van der Waals surface area contributed by atoms with E-state index in [1.54, 1.807) is 36.1 Å². The second-order valence-corrected chi connectivity index (χ2v) is 6.55. The molecule has 0 fully saturated rings. The van der Waals surface area contributed by atoms with Crippen LogP contribution in [-0.4, -0.2) is 35.8 Å². The first-order valence-electron chi connectivity index (χ1n) is 9.06. The molecule has 4 rings (SSSR count). The quantitative estimate of drug-likeness (QED) is 0.696. The molecule has 1 aromatic heterocycles. The Bertz CT molecular complexity index is 1060. The number of amides is 2. The molecule has 0 aliphatic carbocycles. The lowest BCUT2D eigenvalue weighted by Crippen LogP contribution is -2.35. The maximum absolute atomic E-state index is 13.0. The van der Waals surface area contributed by atoms with Crippen LogP contribution < -0.4 is 20.1 Å². The zero-order chi connectivity index (χ0) is 20.4. The van der Waals surface area contributed by atoms with Crippen LogP contribution in [0.4, 0.5) is 11.5 Å². The minimum Gasteiger partial charge on any atom is -0.497 e. The van der Waals surface area contributed by atoms with Gasteiger partial charge in [-0.3, -0.25) is 9.59 Å². The number of carbonyl (C=O) groups is 2. The Labute approximate surface area is 167 Å². The first-order valence-corrected chi connectivity index (χ1v) is 9.06. The number of nitrogens with one attached hydrogen (secondary N) is 2. The van der Waals surface area contributed by atoms with Crippen molar-refractivity contribution in [2.24, 2.45) is 0 Å². The number of rotatable bonds is 5. The second kappa shape index (κ2) is 7.67. The van der Waals surface area contributed by atoms with Crippen molar-refractivity contribution in [1.29, 1.82) is 0 Å². The van der Waals surface area contributed by atoms with E-state index in [0.717, 1.165) is 5.56 Å². The first kappa shape index (κ1) is 18.5. The second-order valence-electron chi connectivity index (χ2n) is 6.55. The maximum atomic E-state index is 13.0. The molecule has 8 heteroatoms. The van der Waals surface area contributed by atoms with E-state index in [0.29, 0.717) is 28.7 Å². The zero-order valence-electron chi connectivity index (χ0n) is 16.0. The normalized spacial score (nSPS) is 15.2. The van der Waals surface area contributed by atoms with Crippen LogP contribution >= 0.6 is 0 Å². The van der Waals surface area contributed by atoms with Crippen molar-refractivity contribution >= 4 is 23.3 Å².